The van der Waals surface area contributed by atoms with Gasteiger partial charge < -0.3 is 4.74 Å². The summed E-state index contributed by atoms with van der Waals surface area (Å²) >= 11 is 3.24. The molecule has 6 heteroatoms. The van der Waals surface area contributed by atoms with Gasteiger partial charge in [-0.3, -0.25) is 0 Å². The number of sulfone groups is 1. The molecule has 0 N–H and O–H groups in total. The van der Waals surface area contributed by atoms with Crippen LogP contribution < -0.4 is 4.74 Å². The van der Waals surface area contributed by atoms with Crippen molar-refractivity contribution in [3.05, 3.63) is 58.3 Å². The Morgan fingerprint density at radius 2 is 1.80 bits per heavy atom. The molecule has 0 radical (unpaired) electrons. The zero-order valence-electron chi connectivity index (χ0n) is 10.6. The maximum atomic E-state index is 12.8. The summed E-state index contributed by atoms with van der Waals surface area (Å²) in [6.07, 6.45) is 0. The fraction of sp³-hybridized carbons (Fsp3) is 0.143. The minimum absolute atomic E-state index is 0.110. The zero-order chi connectivity index (χ0) is 14.8. The molecule has 0 bridgehead atoms. The van der Waals surface area contributed by atoms with Gasteiger partial charge in [0.1, 0.15) is 16.5 Å². The lowest BCUT2D eigenvalue weighted by Crippen LogP contribution is -2.07. The average Bonchev–Trinajstić information content (AvgIpc) is 2.41. The Labute approximate surface area is 125 Å². The molecule has 0 atom stereocenters. The highest BCUT2D eigenvalue weighted by Crippen LogP contribution is 2.29. The summed E-state index contributed by atoms with van der Waals surface area (Å²) in [4.78, 5) is 0.110. The van der Waals surface area contributed by atoms with Crippen LogP contribution in [0.5, 0.6) is 5.75 Å². The van der Waals surface area contributed by atoms with Gasteiger partial charge in [-0.2, -0.15) is 0 Å². The van der Waals surface area contributed by atoms with Crippen molar-refractivity contribution in [1.82, 2.24) is 0 Å². The summed E-state index contributed by atoms with van der Waals surface area (Å²) < 4.78 is 43.4. The van der Waals surface area contributed by atoms with E-state index in [0.29, 0.717) is 10.0 Å². The maximum absolute atomic E-state index is 12.8. The quantitative estimate of drug-likeness (QED) is 0.838. The van der Waals surface area contributed by atoms with E-state index in [4.69, 9.17) is 4.74 Å². The Kier molecular flexibility index (Phi) is 4.45. The van der Waals surface area contributed by atoms with E-state index < -0.39 is 15.7 Å². The molecule has 0 saturated heterocycles. The standard InChI is InChI=1S/C14H12BrFO3S/c1-19-13-7-4-11(15)8-14(13)20(17,18)9-10-2-5-12(16)6-3-10/h2-8H,9H2,1H3. The molecule has 0 aliphatic rings. The summed E-state index contributed by atoms with van der Waals surface area (Å²) in [6, 6.07) is 10.2. The fourth-order valence-corrected chi connectivity index (χ4v) is 3.84. The van der Waals surface area contributed by atoms with Crippen molar-refractivity contribution in [1.29, 1.82) is 0 Å². The number of hydrogen-bond acceptors (Lipinski definition) is 3. The van der Waals surface area contributed by atoms with Crippen LogP contribution in [0.2, 0.25) is 0 Å². The molecule has 0 saturated carbocycles. The van der Waals surface area contributed by atoms with Gasteiger partial charge in [0.25, 0.3) is 0 Å². The summed E-state index contributed by atoms with van der Waals surface area (Å²) in [5, 5.41) is 0. The third kappa shape index (κ3) is 3.37. The van der Waals surface area contributed by atoms with Crippen LogP contribution in [0.3, 0.4) is 0 Å². The Hall–Kier alpha value is -1.40. The van der Waals surface area contributed by atoms with Crippen LogP contribution in [-0.4, -0.2) is 15.5 Å². The average molecular weight is 359 g/mol. The zero-order valence-corrected chi connectivity index (χ0v) is 13.0. The van der Waals surface area contributed by atoms with Gasteiger partial charge >= 0.3 is 0 Å². The van der Waals surface area contributed by atoms with Gasteiger partial charge in [0.05, 0.1) is 12.9 Å². The van der Waals surface area contributed by atoms with Gasteiger partial charge in [0.2, 0.25) is 0 Å². The molecular weight excluding hydrogens is 347 g/mol. The van der Waals surface area contributed by atoms with Gasteiger partial charge in [-0.15, -0.1) is 0 Å². The normalized spacial score (nSPS) is 11.3. The Morgan fingerprint density at radius 3 is 2.40 bits per heavy atom. The minimum Gasteiger partial charge on any atom is -0.495 e. The summed E-state index contributed by atoms with van der Waals surface area (Å²) in [5.41, 5.74) is 0.522. The number of halogens is 2. The van der Waals surface area contributed by atoms with Gasteiger partial charge in [0.15, 0.2) is 9.84 Å². The lowest BCUT2D eigenvalue weighted by atomic mass is 10.2. The molecule has 0 unspecified atom stereocenters. The topological polar surface area (TPSA) is 43.4 Å². The molecule has 0 fully saturated rings. The van der Waals surface area contributed by atoms with Crippen LogP contribution in [0.4, 0.5) is 4.39 Å². The van der Waals surface area contributed by atoms with Crippen molar-refractivity contribution in [2.45, 2.75) is 10.6 Å². The molecule has 0 heterocycles. The molecule has 0 aliphatic heterocycles. The van der Waals surface area contributed by atoms with Crippen LogP contribution in [0.25, 0.3) is 0 Å². The first-order valence-electron chi connectivity index (χ1n) is 5.73. The monoisotopic (exact) mass is 358 g/mol. The predicted octanol–water partition coefficient (Wildman–Crippen LogP) is 3.57. The third-order valence-corrected chi connectivity index (χ3v) is 4.93. The first-order valence-corrected chi connectivity index (χ1v) is 8.17. The highest BCUT2D eigenvalue weighted by molar-refractivity contribution is 9.10. The smallest absolute Gasteiger partial charge is 0.186 e. The van der Waals surface area contributed by atoms with E-state index in [-0.39, 0.29) is 16.4 Å². The van der Waals surface area contributed by atoms with Crippen molar-refractivity contribution in [2.75, 3.05) is 7.11 Å². The van der Waals surface area contributed by atoms with Crippen molar-refractivity contribution in [3.8, 4) is 5.75 Å². The highest BCUT2D eigenvalue weighted by atomic mass is 79.9. The first-order chi connectivity index (χ1) is 9.42. The van der Waals surface area contributed by atoms with E-state index in [0.717, 1.165) is 0 Å². The molecule has 0 aliphatic carbocycles. The van der Waals surface area contributed by atoms with Gasteiger partial charge in [-0.1, -0.05) is 28.1 Å². The SMILES string of the molecule is COc1ccc(Br)cc1S(=O)(=O)Cc1ccc(F)cc1. The van der Waals surface area contributed by atoms with Gasteiger partial charge in [-0.05, 0) is 35.9 Å². The summed E-state index contributed by atoms with van der Waals surface area (Å²) in [5.74, 6) is -0.318. The molecular formula is C14H12BrFO3S. The number of benzene rings is 2. The molecule has 3 nitrogen and oxygen atoms in total. The number of ether oxygens (including phenoxy) is 1. The number of rotatable bonds is 4. The van der Waals surface area contributed by atoms with E-state index in [1.54, 1.807) is 12.1 Å². The maximum Gasteiger partial charge on any atom is 0.186 e. The van der Waals surface area contributed by atoms with Crippen molar-refractivity contribution in [2.24, 2.45) is 0 Å². The number of hydrogen-bond donors (Lipinski definition) is 0. The van der Waals surface area contributed by atoms with E-state index in [9.17, 15) is 12.8 Å². The van der Waals surface area contributed by atoms with Gasteiger partial charge in [0, 0.05) is 4.47 Å². The van der Waals surface area contributed by atoms with Crippen molar-refractivity contribution in [3.63, 3.8) is 0 Å². The molecule has 20 heavy (non-hydrogen) atoms. The van der Waals surface area contributed by atoms with Gasteiger partial charge in [-0.25, -0.2) is 12.8 Å². The minimum atomic E-state index is -3.57. The molecule has 0 spiro atoms. The fourth-order valence-electron chi connectivity index (χ4n) is 1.77. The second-order valence-electron chi connectivity index (χ2n) is 4.18. The van der Waals surface area contributed by atoms with E-state index in [2.05, 4.69) is 15.9 Å². The Morgan fingerprint density at radius 1 is 1.15 bits per heavy atom. The lowest BCUT2D eigenvalue weighted by Gasteiger charge is -2.10. The van der Waals surface area contributed by atoms with Crippen LogP contribution in [0, 0.1) is 5.82 Å². The molecule has 0 aromatic heterocycles. The first kappa shape index (κ1) is 15.0. The van der Waals surface area contributed by atoms with E-state index >= 15 is 0 Å². The van der Waals surface area contributed by atoms with Crippen LogP contribution in [0.1, 0.15) is 5.56 Å². The van der Waals surface area contributed by atoms with Crippen molar-refractivity contribution < 1.29 is 17.5 Å². The molecule has 0 amide bonds. The molecule has 2 aromatic rings. The second-order valence-corrected chi connectivity index (χ2v) is 7.05. The molecule has 2 aromatic carbocycles. The lowest BCUT2D eigenvalue weighted by molar-refractivity contribution is 0.402. The molecule has 106 valence electrons. The highest BCUT2D eigenvalue weighted by Gasteiger charge is 2.20. The van der Waals surface area contributed by atoms with Crippen LogP contribution >= 0.6 is 15.9 Å². The van der Waals surface area contributed by atoms with Crippen molar-refractivity contribution >= 4 is 25.8 Å². The number of methoxy groups -OCH3 is 1. The molecule has 2 rings (SSSR count). The largest absolute Gasteiger partial charge is 0.495 e. The Bertz CT molecular complexity index is 712. The third-order valence-electron chi connectivity index (χ3n) is 2.73. The second kappa shape index (κ2) is 5.93. The summed E-state index contributed by atoms with van der Waals surface area (Å²) in [6.45, 7) is 0. The van der Waals surface area contributed by atoms with E-state index in [1.807, 2.05) is 0 Å². The predicted molar refractivity (Wildman–Crippen MR) is 78.0 cm³/mol. The summed E-state index contributed by atoms with van der Waals surface area (Å²) in [7, 11) is -2.15. The van der Waals surface area contributed by atoms with Crippen LogP contribution in [0.15, 0.2) is 51.8 Å². The Balaban J connectivity index is 2.40. The van der Waals surface area contributed by atoms with Crippen LogP contribution in [-0.2, 0) is 15.6 Å². The van der Waals surface area contributed by atoms with E-state index in [1.165, 1.54) is 37.4 Å².